The topological polar surface area (TPSA) is 279 Å². The maximum Gasteiger partial charge on any atom is 0.397 e. The average molecular weight is 1500 g/mol. The number of likely N-dealkylation sites (N-methyl/N-ethyl adjacent to an activating group) is 7. The van der Waals surface area contributed by atoms with Crippen LogP contribution in [0.15, 0.2) is 12.2 Å². The molecular weight excluding hydrogens is 1390 g/mol. The van der Waals surface area contributed by atoms with Crippen LogP contribution in [0.25, 0.3) is 0 Å². The molecular formula is C72H110F8N12O13. The second kappa shape index (κ2) is 36.1. The van der Waals surface area contributed by atoms with Crippen molar-refractivity contribution in [3.63, 3.8) is 0 Å². The molecule has 4 aliphatic carbocycles. The Morgan fingerprint density at radius 3 is 1.82 bits per heavy atom. The molecule has 3 heterocycles. The lowest BCUT2D eigenvalue weighted by atomic mass is 9.74. The first kappa shape index (κ1) is 85.0. The predicted molar refractivity (Wildman–Crippen MR) is 367 cm³/mol. The largest absolute Gasteiger partial charge is 0.397 e. The van der Waals surface area contributed by atoms with Crippen molar-refractivity contribution in [3.8, 4) is 0 Å². The summed E-state index contributed by atoms with van der Waals surface area (Å²) in [6, 6.07) is -11.3. The van der Waals surface area contributed by atoms with Crippen LogP contribution in [0.2, 0.25) is 0 Å². The molecule has 0 aromatic rings. The molecule has 105 heavy (non-hydrogen) atoms. The lowest BCUT2D eigenvalue weighted by Crippen LogP contribution is -2.68. The Labute approximate surface area is 610 Å². The van der Waals surface area contributed by atoms with Gasteiger partial charge in [0.1, 0.15) is 72.1 Å². The van der Waals surface area contributed by atoms with E-state index in [0.29, 0.717) is 38.5 Å². The molecule has 33 heteroatoms. The van der Waals surface area contributed by atoms with Gasteiger partial charge in [-0.2, -0.15) is 26.3 Å². The fourth-order valence-corrected chi connectivity index (χ4v) is 16.6. The number of hydrogen-bond donors (Lipinski definition) is 3. The van der Waals surface area contributed by atoms with Crippen molar-refractivity contribution >= 4 is 70.9 Å². The highest BCUT2D eigenvalue weighted by atomic mass is 19.4. The van der Waals surface area contributed by atoms with Gasteiger partial charge >= 0.3 is 12.4 Å². The van der Waals surface area contributed by atoms with Crippen LogP contribution in [0.3, 0.4) is 0 Å². The molecule has 25 nitrogen and oxygen atoms in total. The van der Waals surface area contributed by atoms with Gasteiger partial charge in [0.15, 0.2) is 0 Å². The second-order valence-corrected chi connectivity index (χ2v) is 30.7. The Hall–Kier alpha value is -7.22. The van der Waals surface area contributed by atoms with Gasteiger partial charge in [-0.25, -0.2) is 8.78 Å². The van der Waals surface area contributed by atoms with Gasteiger partial charge in [-0.1, -0.05) is 52.2 Å². The lowest BCUT2D eigenvalue weighted by molar-refractivity contribution is -0.219. The van der Waals surface area contributed by atoms with E-state index in [1.165, 1.54) is 78.2 Å². The van der Waals surface area contributed by atoms with E-state index in [1.807, 2.05) is 0 Å². The number of hydrogen-bond acceptors (Lipinski definition) is 13. The van der Waals surface area contributed by atoms with Crippen LogP contribution in [-0.4, -0.2) is 289 Å². The Bertz CT molecular complexity index is 3150. The number of methoxy groups -OCH3 is 1. The molecule has 7 rings (SSSR count). The fraction of sp³-hybridized carbons (Fsp3) is 0.806. The van der Waals surface area contributed by atoms with Crippen molar-refractivity contribution in [2.75, 3.05) is 89.7 Å². The van der Waals surface area contributed by atoms with E-state index in [4.69, 9.17) is 4.74 Å². The number of carbonyl (C=O) groups is 12. The minimum Gasteiger partial charge on any atom is -0.380 e. The van der Waals surface area contributed by atoms with Crippen molar-refractivity contribution in [2.45, 2.75) is 247 Å². The van der Waals surface area contributed by atoms with E-state index in [9.17, 15) is 55.1 Å². The third kappa shape index (κ3) is 20.1. The van der Waals surface area contributed by atoms with Gasteiger partial charge in [-0.15, -0.1) is 0 Å². The minimum absolute atomic E-state index is 0.00277. The summed E-state index contributed by atoms with van der Waals surface area (Å²) in [6.45, 7) is 3.09. The van der Waals surface area contributed by atoms with Crippen LogP contribution < -0.4 is 16.0 Å². The number of nitrogens with zero attached hydrogens (tertiary/aromatic N) is 9. The number of alkyl halides is 8. The van der Waals surface area contributed by atoms with Crippen LogP contribution in [0.5, 0.6) is 0 Å². The molecule has 3 aliphatic heterocycles. The van der Waals surface area contributed by atoms with Gasteiger partial charge in [-0.3, -0.25) is 57.5 Å². The van der Waals surface area contributed by atoms with Crippen LogP contribution in [0.4, 0.5) is 35.1 Å². The molecule has 2 unspecified atom stereocenters. The number of nitrogens with one attached hydrogen (secondary N) is 3. The third-order valence-corrected chi connectivity index (χ3v) is 23.5. The summed E-state index contributed by atoms with van der Waals surface area (Å²) in [5, 5.41) is 8.30. The zero-order chi connectivity index (χ0) is 78.1. The zero-order valence-electron chi connectivity index (χ0n) is 62.7. The van der Waals surface area contributed by atoms with E-state index in [0.717, 1.165) is 29.4 Å². The maximum atomic E-state index is 15.4. The van der Waals surface area contributed by atoms with Gasteiger partial charge in [0, 0.05) is 83.0 Å². The maximum absolute atomic E-state index is 15.4. The van der Waals surface area contributed by atoms with Crippen molar-refractivity contribution in [3.05, 3.63) is 12.2 Å². The van der Waals surface area contributed by atoms with E-state index in [2.05, 4.69) is 16.0 Å². The molecule has 12 amide bonds. The van der Waals surface area contributed by atoms with E-state index < -0.39 is 230 Å². The average Bonchev–Trinajstić information content (AvgIpc) is 1.67. The summed E-state index contributed by atoms with van der Waals surface area (Å²) < 4.78 is 121. The zero-order valence-corrected chi connectivity index (χ0v) is 62.7. The van der Waals surface area contributed by atoms with Crippen LogP contribution in [-0.2, 0) is 62.3 Å². The molecule has 0 aromatic heterocycles. The third-order valence-electron chi connectivity index (χ3n) is 23.5. The summed E-state index contributed by atoms with van der Waals surface area (Å²) in [6.07, 6.45) is -13.3. The smallest absolute Gasteiger partial charge is 0.380 e. The number of carbonyl (C=O) groups excluding carboxylic acids is 12. The van der Waals surface area contributed by atoms with E-state index in [1.54, 1.807) is 32.9 Å². The normalized spacial score (nSPS) is 32.5. The monoisotopic (exact) mass is 1500 g/mol. The van der Waals surface area contributed by atoms with Crippen molar-refractivity contribution in [1.29, 1.82) is 0 Å². The van der Waals surface area contributed by atoms with Crippen molar-refractivity contribution in [2.24, 2.45) is 35.5 Å². The number of fused-ring (bicyclic) bond motifs is 3. The number of rotatable bonds is 11. The van der Waals surface area contributed by atoms with Gasteiger partial charge < -0.3 is 64.8 Å². The molecule has 592 valence electrons. The first-order valence-electron chi connectivity index (χ1n) is 37.1. The van der Waals surface area contributed by atoms with Crippen LogP contribution >= 0.6 is 0 Å². The van der Waals surface area contributed by atoms with Gasteiger partial charge in [-0.05, 0) is 133 Å². The van der Waals surface area contributed by atoms with Gasteiger partial charge in [0.2, 0.25) is 70.9 Å². The summed E-state index contributed by atoms with van der Waals surface area (Å²) >= 11 is 0. The van der Waals surface area contributed by atoms with Gasteiger partial charge in [0.05, 0.1) is 31.5 Å². The Morgan fingerprint density at radius 1 is 0.648 bits per heavy atom. The Balaban J connectivity index is 1.31. The first-order chi connectivity index (χ1) is 49.2. The van der Waals surface area contributed by atoms with Crippen molar-refractivity contribution in [1.82, 2.24) is 60.0 Å². The van der Waals surface area contributed by atoms with Crippen molar-refractivity contribution < 1.29 is 97.4 Å². The molecule has 0 aromatic carbocycles. The first-order valence-corrected chi connectivity index (χ1v) is 37.1. The molecule has 3 N–H and O–H groups in total. The molecule has 1 spiro atoms. The lowest BCUT2D eigenvalue weighted by Gasteiger charge is -2.46. The number of amides is 12. The van der Waals surface area contributed by atoms with Gasteiger partial charge in [0.25, 0.3) is 0 Å². The molecule has 6 fully saturated rings. The Morgan fingerprint density at radius 2 is 1.27 bits per heavy atom. The molecule has 0 radical (unpaired) electrons. The molecule has 4 saturated carbocycles. The summed E-state index contributed by atoms with van der Waals surface area (Å²) in [4.78, 5) is 190. The molecule has 2 bridgehead atoms. The standard InChI is InChI=1S/C72H110F8N12O13/c1-13-41(3)59-67(102)86(7)40-57(95)88(9)51-23-16-15-19-32-91(66(51)101)54(35-42-24-27-45(28-25-42)71(75,76)77)65(100)85(6)39-55(93)81-49(29-26-43-33-47(73)58(48(74)34-43)72(78,79)80)63(98)92-38-46(105-12)36-52(92)62(97)83-70(30-20-31-70)69(104)90(11)60(44-21-17-18-22-44)68(103)89(10)53(64(99)84(4)5)37-56(94)87(8)50(14-2)61(96)82-59/h15-16,41-54,58-60H,13-14,17-40H2,1-12H3,(H,81,93)(H,82,96)(H,83,97)/b16-15-/t41-,42?,43?,45?,46+,47?,48?,49-,50-,51-,52-,53-,54-,58?,59-,60-/m0/s1. The fourth-order valence-electron chi connectivity index (χ4n) is 16.6. The number of halogens is 8. The minimum atomic E-state index is -5.22. The van der Waals surface area contributed by atoms with E-state index >= 15 is 37.5 Å². The quantitative estimate of drug-likeness (QED) is 0.175. The highest BCUT2D eigenvalue weighted by Gasteiger charge is 2.56. The second-order valence-electron chi connectivity index (χ2n) is 30.7. The summed E-state index contributed by atoms with van der Waals surface area (Å²) in [5.41, 5.74) is -1.69. The molecule has 7 aliphatic rings. The highest BCUT2D eigenvalue weighted by Crippen LogP contribution is 2.46. The number of ether oxygens (including phenoxy) is 1. The van der Waals surface area contributed by atoms with Crippen LogP contribution in [0, 0.1) is 35.5 Å². The summed E-state index contributed by atoms with van der Waals surface area (Å²) in [5.74, 6) is -16.9. The SMILES string of the molecule is CC[C@H](C)[C@@H]1NC(=O)[C@H](CC)N(C)C(=O)C[C@@H](C(=O)N(C)C)N(C)C(=O)[C@H](C2CCCC2)N(C)C(=O)C2(CCC2)NC(=O)[C@@H]2C[C@@H](OC)CN2C(=O)[C@H](CCC2CC(F)C(C(F)(F)F)C(F)C2)NC(=O)CN(C)C(=O)[C@H](CC2CCC(C(F)(F)F)CC2)N2CC/C=C\C[C@@H](C2=O)N(C)C(=O)CN(C)C1=O. The Kier molecular flexibility index (Phi) is 29.3. The molecule has 2 saturated heterocycles. The summed E-state index contributed by atoms with van der Waals surface area (Å²) in [7, 11) is 12.1. The molecule has 12 atom stereocenters. The highest BCUT2D eigenvalue weighted by molar-refractivity contribution is 6.01. The predicted octanol–water partition coefficient (Wildman–Crippen LogP) is 5.32. The van der Waals surface area contributed by atoms with Crippen LogP contribution in [0.1, 0.15) is 162 Å². The van der Waals surface area contributed by atoms with E-state index in [-0.39, 0.29) is 90.1 Å².